The van der Waals surface area contributed by atoms with E-state index < -0.39 is 17.5 Å². The van der Waals surface area contributed by atoms with Crippen LogP contribution in [0.15, 0.2) is 54.7 Å². The Balaban J connectivity index is 1.60. The number of hydrogen-bond acceptors (Lipinski definition) is 5. The number of pyridine rings is 1. The number of amides is 1. The topological polar surface area (TPSA) is 95.1 Å². The summed E-state index contributed by atoms with van der Waals surface area (Å²) in [6.45, 7) is 0. The van der Waals surface area contributed by atoms with E-state index in [0.717, 1.165) is 11.6 Å². The third-order valence-electron chi connectivity index (χ3n) is 4.41. The first-order valence-electron chi connectivity index (χ1n) is 8.98. The quantitative estimate of drug-likeness (QED) is 0.505. The number of nitrogens with one attached hydrogen (secondary N) is 1. The van der Waals surface area contributed by atoms with Gasteiger partial charge in [0.2, 0.25) is 11.9 Å². The van der Waals surface area contributed by atoms with Gasteiger partial charge >= 0.3 is 0 Å². The Hall–Kier alpha value is -4.01. The number of ether oxygens (including phenoxy) is 1. The second-order valence-corrected chi connectivity index (χ2v) is 6.62. The number of rotatable bonds is 6. The number of anilines is 2. The lowest BCUT2D eigenvalue weighted by atomic mass is 10.2. The maximum Gasteiger partial charge on any atom is 0.223 e. The minimum Gasteiger partial charge on any atom is -0.457 e. The molecular weight excluding hydrogens is 392 g/mol. The lowest BCUT2D eigenvalue weighted by Gasteiger charge is -2.07. The van der Waals surface area contributed by atoms with Crippen LogP contribution in [0.5, 0.6) is 11.5 Å². The number of nitrogens with zero attached hydrogens (tertiary/aromatic N) is 3. The van der Waals surface area contributed by atoms with Gasteiger partial charge in [0.15, 0.2) is 0 Å². The number of aromatic nitrogens is 3. The van der Waals surface area contributed by atoms with Gasteiger partial charge in [0, 0.05) is 31.4 Å². The van der Waals surface area contributed by atoms with Crippen LogP contribution < -0.4 is 15.8 Å². The maximum atomic E-state index is 13.9. The summed E-state index contributed by atoms with van der Waals surface area (Å²) in [6, 6.07) is 11.9. The predicted molar refractivity (Wildman–Crippen MR) is 108 cm³/mol. The summed E-state index contributed by atoms with van der Waals surface area (Å²) in [5.74, 6) is -0.428. The van der Waals surface area contributed by atoms with Crippen molar-refractivity contribution in [2.75, 3.05) is 5.32 Å². The van der Waals surface area contributed by atoms with Crippen molar-refractivity contribution in [1.82, 2.24) is 14.5 Å². The molecule has 2 aromatic heterocycles. The van der Waals surface area contributed by atoms with Crippen LogP contribution >= 0.6 is 0 Å². The summed E-state index contributed by atoms with van der Waals surface area (Å²) in [5.41, 5.74) is 7.23. The van der Waals surface area contributed by atoms with E-state index in [1.54, 1.807) is 35.9 Å². The molecule has 0 atom stereocenters. The number of carbonyl (C=O) groups is 1. The number of imidazole rings is 1. The van der Waals surface area contributed by atoms with Gasteiger partial charge in [-0.05, 0) is 30.3 Å². The SMILES string of the molecule is Cn1c(Nc2ccc(F)cc2F)nc2cc(Oc3ccnc(CC(N)=O)c3)ccc21. The molecule has 0 bridgehead atoms. The average Bonchev–Trinajstić information content (AvgIpc) is 2.99. The van der Waals surface area contributed by atoms with Gasteiger partial charge in [-0.15, -0.1) is 0 Å². The number of primary amides is 1. The third-order valence-corrected chi connectivity index (χ3v) is 4.41. The molecule has 4 aromatic rings. The van der Waals surface area contributed by atoms with Crippen molar-refractivity contribution in [2.24, 2.45) is 12.8 Å². The Morgan fingerprint density at radius 3 is 2.70 bits per heavy atom. The number of aryl methyl sites for hydroxylation is 1. The smallest absolute Gasteiger partial charge is 0.223 e. The molecule has 0 aliphatic heterocycles. The highest BCUT2D eigenvalue weighted by molar-refractivity contribution is 5.81. The second-order valence-electron chi connectivity index (χ2n) is 6.62. The van der Waals surface area contributed by atoms with Crippen LogP contribution in [0.3, 0.4) is 0 Å². The van der Waals surface area contributed by atoms with E-state index in [4.69, 9.17) is 10.5 Å². The zero-order valence-electron chi connectivity index (χ0n) is 15.9. The molecule has 152 valence electrons. The van der Waals surface area contributed by atoms with E-state index >= 15 is 0 Å². The monoisotopic (exact) mass is 409 g/mol. The molecule has 2 heterocycles. The van der Waals surface area contributed by atoms with Crippen molar-refractivity contribution in [3.63, 3.8) is 0 Å². The van der Waals surface area contributed by atoms with Gasteiger partial charge in [-0.1, -0.05) is 0 Å². The standard InChI is InChI=1S/C21H17F2N5O2/c1-28-19-5-3-14(30-15-6-7-25-13(9-15)10-20(24)29)11-18(19)27-21(28)26-17-4-2-12(22)8-16(17)23/h2-9,11H,10H2,1H3,(H2,24,29)(H,26,27). The Kier molecular flexibility index (Phi) is 5.01. The number of halogens is 2. The molecular formula is C21H17F2N5O2. The highest BCUT2D eigenvalue weighted by Crippen LogP contribution is 2.28. The van der Waals surface area contributed by atoms with Gasteiger partial charge in [0.25, 0.3) is 0 Å². The van der Waals surface area contributed by atoms with Crippen LogP contribution in [-0.2, 0) is 18.3 Å². The molecule has 0 fully saturated rings. The fourth-order valence-electron chi connectivity index (χ4n) is 3.00. The number of nitrogens with two attached hydrogens (primary N) is 1. The molecule has 7 nitrogen and oxygen atoms in total. The predicted octanol–water partition coefficient (Wildman–Crippen LogP) is 3.81. The van der Waals surface area contributed by atoms with Crippen LogP contribution in [0.2, 0.25) is 0 Å². The Morgan fingerprint density at radius 2 is 1.93 bits per heavy atom. The van der Waals surface area contributed by atoms with Crippen molar-refractivity contribution in [1.29, 1.82) is 0 Å². The Labute approximate surface area is 170 Å². The number of fused-ring (bicyclic) bond motifs is 1. The molecule has 0 radical (unpaired) electrons. The van der Waals surface area contributed by atoms with Crippen LogP contribution in [0.25, 0.3) is 11.0 Å². The molecule has 0 spiro atoms. The second kappa shape index (κ2) is 7.78. The first kappa shape index (κ1) is 19.3. The van der Waals surface area contributed by atoms with Gasteiger partial charge in [-0.25, -0.2) is 13.8 Å². The van der Waals surface area contributed by atoms with E-state index in [9.17, 15) is 13.6 Å². The molecule has 0 aliphatic carbocycles. The van der Waals surface area contributed by atoms with E-state index in [1.807, 2.05) is 6.07 Å². The highest BCUT2D eigenvalue weighted by Gasteiger charge is 2.12. The van der Waals surface area contributed by atoms with Crippen LogP contribution in [0, 0.1) is 11.6 Å². The maximum absolute atomic E-state index is 13.9. The number of benzene rings is 2. The van der Waals surface area contributed by atoms with Crippen molar-refractivity contribution >= 4 is 28.6 Å². The van der Waals surface area contributed by atoms with Gasteiger partial charge in [-0.3, -0.25) is 9.78 Å². The molecule has 0 aliphatic rings. The molecule has 9 heteroatoms. The average molecular weight is 409 g/mol. The lowest BCUT2D eigenvalue weighted by Crippen LogP contribution is -2.14. The lowest BCUT2D eigenvalue weighted by molar-refractivity contribution is -0.117. The number of hydrogen-bond donors (Lipinski definition) is 2. The van der Waals surface area contributed by atoms with E-state index in [2.05, 4.69) is 15.3 Å². The number of carbonyl (C=O) groups excluding carboxylic acids is 1. The molecule has 2 aromatic carbocycles. The molecule has 0 unspecified atom stereocenters. The summed E-state index contributed by atoms with van der Waals surface area (Å²) in [7, 11) is 1.78. The normalized spacial score (nSPS) is 10.9. The Morgan fingerprint density at radius 1 is 1.13 bits per heavy atom. The van der Waals surface area contributed by atoms with Crippen molar-refractivity contribution < 1.29 is 18.3 Å². The van der Waals surface area contributed by atoms with Crippen LogP contribution in [0.4, 0.5) is 20.4 Å². The summed E-state index contributed by atoms with van der Waals surface area (Å²) in [4.78, 5) is 19.6. The van der Waals surface area contributed by atoms with Gasteiger partial charge in [0.1, 0.15) is 23.1 Å². The molecule has 0 saturated heterocycles. The fourth-order valence-corrected chi connectivity index (χ4v) is 3.00. The minimum atomic E-state index is -0.712. The zero-order chi connectivity index (χ0) is 21.3. The molecule has 0 saturated carbocycles. The molecule has 1 amide bonds. The third kappa shape index (κ3) is 4.04. The summed E-state index contributed by atoms with van der Waals surface area (Å²) in [5, 5.41) is 2.87. The Bertz CT molecular complexity index is 1260. The van der Waals surface area contributed by atoms with Gasteiger partial charge in [-0.2, -0.15) is 0 Å². The van der Waals surface area contributed by atoms with Crippen molar-refractivity contribution in [3.8, 4) is 11.5 Å². The first-order chi connectivity index (χ1) is 14.4. The summed E-state index contributed by atoms with van der Waals surface area (Å²) >= 11 is 0. The van der Waals surface area contributed by atoms with Crippen molar-refractivity contribution in [3.05, 3.63) is 72.1 Å². The molecule has 4 rings (SSSR count). The van der Waals surface area contributed by atoms with E-state index in [-0.39, 0.29) is 12.1 Å². The van der Waals surface area contributed by atoms with Crippen LogP contribution in [-0.4, -0.2) is 20.4 Å². The van der Waals surface area contributed by atoms with Crippen LogP contribution in [0.1, 0.15) is 5.69 Å². The molecule has 3 N–H and O–H groups in total. The zero-order valence-corrected chi connectivity index (χ0v) is 15.9. The van der Waals surface area contributed by atoms with E-state index in [1.165, 1.54) is 18.3 Å². The van der Waals surface area contributed by atoms with Gasteiger partial charge < -0.3 is 20.4 Å². The molecule has 30 heavy (non-hydrogen) atoms. The fraction of sp³-hybridized carbons (Fsp3) is 0.0952. The van der Waals surface area contributed by atoms with E-state index in [0.29, 0.717) is 28.7 Å². The first-order valence-corrected chi connectivity index (χ1v) is 8.98. The highest BCUT2D eigenvalue weighted by atomic mass is 19.1. The summed E-state index contributed by atoms with van der Waals surface area (Å²) in [6.07, 6.45) is 1.55. The largest absolute Gasteiger partial charge is 0.457 e. The summed E-state index contributed by atoms with van der Waals surface area (Å²) < 4.78 is 34.7. The minimum absolute atomic E-state index is 0.0193. The van der Waals surface area contributed by atoms with Gasteiger partial charge in [0.05, 0.1) is 28.8 Å². The van der Waals surface area contributed by atoms with Crippen molar-refractivity contribution in [2.45, 2.75) is 6.42 Å².